The summed E-state index contributed by atoms with van der Waals surface area (Å²) in [4.78, 5) is 2.43. The first-order chi connectivity index (χ1) is 14.1. The third-order valence-corrected chi connectivity index (χ3v) is 5.98. The van der Waals surface area contributed by atoms with E-state index in [0.29, 0.717) is 12.1 Å². The molecule has 0 aromatic heterocycles. The predicted octanol–water partition coefficient (Wildman–Crippen LogP) is 6.97. The molecule has 0 saturated heterocycles. The van der Waals surface area contributed by atoms with Crippen molar-refractivity contribution in [1.82, 2.24) is 0 Å². The molecule has 0 saturated carbocycles. The van der Waals surface area contributed by atoms with Crippen molar-refractivity contribution in [2.75, 3.05) is 4.90 Å². The van der Waals surface area contributed by atoms with Crippen LogP contribution < -0.4 is 4.90 Å². The van der Waals surface area contributed by atoms with Gasteiger partial charge >= 0.3 is 0 Å². The van der Waals surface area contributed by atoms with Gasteiger partial charge in [-0.1, -0.05) is 60.7 Å². The van der Waals surface area contributed by atoms with E-state index in [4.69, 9.17) is 0 Å². The highest BCUT2D eigenvalue weighted by Gasteiger charge is 2.31. The normalized spacial score (nSPS) is 13.6. The zero-order chi connectivity index (χ0) is 20.1. The predicted molar refractivity (Wildman–Crippen MR) is 126 cm³/mol. The molecule has 0 fully saturated rings. The Morgan fingerprint density at radius 1 is 0.655 bits per heavy atom. The molecular formula is C27H27N2+. The lowest BCUT2D eigenvalue weighted by molar-refractivity contribution is -0.471. The van der Waals surface area contributed by atoms with E-state index in [1.807, 2.05) is 0 Å². The molecule has 0 bridgehead atoms. The van der Waals surface area contributed by atoms with Crippen LogP contribution in [0.5, 0.6) is 0 Å². The molecular weight excluding hydrogens is 352 g/mol. The number of anilines is 1. The molecule has 0 radical (unpaired) electrons. The van der Waals surface area contributed by atoms with Crippen molar-refractivity contribution in [3.05, 3.63) is 72.8 Å². The van der Waals surface area contributed by atoms with Crippen molar-refractivity contribution in [2.45, 2.75) is 39.8 Å². The van der Waals surface area contributed by atoms with Gasteiger partial charge < -0.3 is 0 Å². The lowest BCUT2D eigenvalue weighted by Gasteiger charge is -2.20. The second-order valence-electron chi connectivity index (χ2n) is 8.48. The van der Waals surface area contributed by atoms with Crippen LogP contribution in [0.15, 0.2) is 72.8 Å². The smallest absolute Gasteiger partial charge is 0.231 e. The van der Waals surface area contributed by atoms with Crippen LogP contribution in [0, 0.1) is 0 Å². The van der Waals surface area contributed by atoms with Crippen LogP contribution in [0.3, 0.4) is 0 Å². The fourth-order valence-electron chi connectivity index (χ4n) is 4.56. The summed E-state index contributed by atoms with van der Waals surface area (Å²) in [6.07, 6.45) is 2.31. The van der Waals surface area contributed by atoms with Crippen molar-refractivity contribution in [2.24, 2.45) is 0 Å². The van der Waals surface area contributed by atoms with Crippen LogP contribution in [0.2, 0.25) is 0 Å². The van der Waals surface area contributed by atoms with Gasteiger partial charge in [-0.15, -0.1) is 0 Å². The van der Waals surface area contributed by atoms with Crippen LogP contribution in [0.25, 0.3) is 32.7 Å². The van der Waals surface area contributed by atoms with Gasteiger partial charge in [0.05, 0.1) is 12.1 Å². The standard InChI is InChI=1S/C27H27N2/c1-18(2)28-17-29(19(3)4)25-16-14-21-10-6-8-12-23(21)27(25)26-22-11-7-5-9-20(22)13-15-24(26)28/h5-19H,1-4H3/q+1. The van der Waals surface area contributed by atoms with Crippen molar-refractivity contribution in [3.8, 4) is 11.1 Å². The van der Waals surface area contributed by atoms with Gasteiger partial charge in [-0.3, -0.25) is 0 Å². The minimum Gasteiger partial charge on any atom is -0.231 e. The van der Waals surface area contributed by atoms with E-state index in [1.165, 1.54) is 44.0 Å². The number of nitrogens with zero attached hydrogens (tertiary/aromatic N) is 2. The summed E-state index contributed by atoms with van der Waals surface area (Å²) in [7, 11) is 0. The van der Waals surface area contributed by atoms with E-state index in [-0.39, 0.29) is 0 Å². The molecule has 29 heavy (non-hydrogen) atoms. The molecule has 0 amide bonds. The lowest BCUT2D eigenvalue weighted by atomic mass is 9.90. The summed E-state index contributed by atoms with van der Waals surface area (Å²) in [6.45, 7) is 9.06. The molecule has 4 aromatic rings. The zero-order valence-corrected chi connectivity index (χ0v) is 17.6. The quantitative estimate of drug-likeness (QED) is 0.341. The van der Waals surface area contributed by atoms with Gasteiger partial charge in [0.25, 0.3) is 0 Å². The highest BCUT2D eigenvalue weighted by molar-refractivity contribution is 6.14. The number of rotatable bonds is 2. The molecule has 0 aliphatic carbocycles. The van der Waals surface area contributed by atoms with Gasteiger partial charge in [0.2, 0.25) is 6.34 Å². The highest BCUT2D eigenvalue weighted by Crippen LogP contribution is 2.47. The first-order valence-electron chi connectivity index (χ1n) is 10.5. The van der Waals surface area contributed by atoms with Crippen LogP contribution in [0.4, 0.5) is 11.4 Å². The first-order valence-corrected chi connectivity index (χ1v) is 10.5. The van der Waals surface area contributed by atoms with E-state index in [9.17, 15) is 0 Å². The molecule has 2 nitrogen and oxygen atoms in total. The first kappa shape index (κ1) is 17.9. The van der Waals surface area contributed by atoms with Crippen LogP contribution in [-0.4, -0.2) is 23.0 Å². The van der Waals surface area contributed by atoms with Gasteiger partial charge in [0, 0.05) is 11.1 Å². The van der Waals surface area contributed by atoms with E-state index in [0.717, 1.165) is 0 Å². The maximum Gasteiger partial charge on any atom is 0.244 e. The summed E-state index contributed by atoms with van der Waals surface area (Å²) < 4.78 is 2.43. The largest absolute Gasteiger partial charge is 0.244 e. The summed E-state index contributed by atoms with van der Waals surface area (Å²) >= 11 is 0. The Morgan fingerprint density at radius 2 is 1.24 bits per heavy atom. The summed E-state index contributed by atoms with van der Waals surface area (Å²) in [5.74, 6) is 0. The van der Waals surface area contributed by atoms with Crippen LogP contribution >= 0.6 is 0 Å². The molecule has 5 rings (SSSR count). The average Bonchev–Trinajstić information content (AvgIpc) is 2.88. The molecule has 0 unspecified atom stereocenters. The van der Waals surface area contributed by atoms with Gasteiger partial charge in [0.1, 0.15) is 11.4 Å². The second-order valence-corrected chi connectivity index (χ2v) is 8.48. The van der Waals surface area contributed by atoms with Gasteiger partial charge in [0.15, 0.2) is 0 Å². The fourth-order valence-corrected chi connectivity index (χ4v) is 4.56. The number of fused-ring (bicyclic) bond motifs is 7. The monoisotopic (exact) mass is 379 g/mol. The van der Waals surface area contributed by atoms with Gasteiger partial charge in [-0.05, 0) is 61.4 Å². The van der Waals surface area contributed by atoms with Crippen molar-refractivity contribution >= 4 is 39.3 Å². The third kappa shape index (κ3) is 2.74. The van der Waals surface area contributed by atoms with E-state index < -0.39 is 0 Å². The van der Waals surface area contributed by atoms with Gasteiger partial charge in [-0.2, -0.15) is 0 Å². The van der Waals surface area contributed by atoms with Crippen LogP contribution in [-0.2, 0) is 0 Å². The topological polar surface area (TPSA) is 6.25 Å². The Labute approximate surface area is 172 Å². The number of benzene rings is 4. The molecule has 0 spiro atoms. The molecule has 144 valence electrons. The maximum atomic E-state index is 2.43. The lowest BCUT2D eigenvalue weighted by Crippen LogP contribution is -2.34. The molecule has 0 N–H and O–H groups in total. The number of hydrogen-bond acceptors (Lipinski definition) is 1. The average molecular weight is 380 g/mol. The maximum absolute atomic E-state index is 2.43. The SMILES string of the molecule is CC(C)N1C=[N+](C(C)C)c2ccc3ccccc3c2-c2c1ccc1ccccc21. The van der Waals surface area contributed by atoms with E-state index in [1.54, 1.807) is 0 Å². The Morgan fingerprint density at radius 3 is 1.86 bits per heavy atom. The molecule has 1 heterocycles. The van der Waals surface area contributed by atoms with Crippen molar-refractivity contribution < 1.29 is 4.58 Å². The fraction of sp³-hybridized carbons (Fsp3) is 0.222. The van der Waals surface area contributed by atoms with E-state index >= 15 is 0 Å². The van der Waals surface area contributed by atoms with E-state index in [2.05, 4.69) is 116 Å². The summed E-state index contributed by atoms with van der Waals surface area (Å²) in [5, 5.41) is 5.19. The summed E-state index contributed by atoms with van der Waals surface area (Å²) in [6, 6.07) is 27.4. The Kier molecular flexibility index (Phi) is 4.16. The highest BCUT2D eigenvalue weighted by atomic mass is 15.2. The van der Waals surface area contributed by atoms with Crippen molar-refractivity contribution in [1.29, 1.82) is 0 Å². The summed E-state index contributed by atoms with van der Waals surface area (Å²) in [5.41, 5.74) is 5.23. The third-order valence-electron chi connectivity index (χ3n) is 5.98. The molecule has 0 atom stereocenters. The molecule has 1 aliphatic heterocycles. The molecule has 1 aliphatic rings. The van der Waals surface area contributed by atoms with Gasteiger partial charge in [-0.25, -0.2) is 9.48 Å². The number of hydrogen-bond donors (Lipinski definition) is 0. The van der Waals surface area contributed by atoms with Crippen molar-refractivity contribution in [3.63, 3.8) is 0 Å². The minimum atomic E-state index is 0.358. The Bertz CT molecular complexity index is 1260. The van der Waals surface area contributed by atoms with Crippen LogP contribution in [0.1, 0.15) is 27.7 Å². The second kappa shape index (κ2) is 6.73. The Balaban J connectivity index is 2.03. The minimum absolute atomic E-state index is 0.358. The Hall–Kier alpha value is -3.13. The molecule has 4 aromatic carbocycles. The zero-order valence-electron chi connectivity index (χ0n) is 17.6. The molecule has 2 heteroatoms.